The highest BCUT2D eigenvalue weighted by atomic mass is 16.2. The van der Waals surface area contributed by atoms with E-state index in [4.69, 9.17) is 0 Å². The second kappa shape index (κ2) is 7.13. The fraction of sp³-hybridized carbons (Fsp3) is 0.200. The van der Waals surface area contributed by atoms with Gasteiger partial charge in [-0.25, -0.2) is 4.98 Å². The first-order chi connectivity index (χ1) is 11.7. The Balaban J connectivity index is 1.88. The van der Waals surface area contributed by atoms with E-state index in [1.165, 1.54) is 11.3 Å². The van der Waals surface area contributed by atoms with E-state index in [0.717, 1.165) is 18.8 Å². The second-order valence-electron chi connectivity index (χ2n) is 5.72. The molecule has 3 rings (SSSR count). The van der Waals surface area contributed by atoms with Crippen LogP contribution in [0, 0.1) is 0 Å². The fourth-order valence-electron chi connectivity index (χ4n) is 3.01. The summed E-state index contributed by atoms with van der Waals surface area (Å²) in [5, 5.41) is 0. The van der Waals surface area contributed by atoms with Gasteiger partial charge in [-0.15, -0.1) is 13.2 Å². The molecule has 0 spiro atoms. The second-order valence-corrected chi connectivity index (χ2v) is 5.72. The van der Waals surface area contributed by atoms with Crippen LogP contribution >= 0.6 is 0 Å². The van der Waals surface area contributed by atoms with Gasteiger partial charge in [-0.1, -0.05) is 30.4 Å². The smallest absolute Gasteiger partial charge is 0.254 e. The zero-order valence-electron chi connectivity index (χ0n) is 13.7. The number of pyridine rings is 1. The molecule has 0 saturated heterocycles. The Morgan fingerprint density at radius 1 is 1.21 bits per heavy atom. The molecule has 0 aliphatic carbocycles. The number of anilines is 2. The van der Waals surface area contributed by atoms with Gasteiger partial charge in [0.05, 0.1) is 0 Å². The maximum Gasteiger partial charge on any atom is 0.254 e. The molecule has 4 nitrogen and oxygen atoms in total. The molecule has 0 unspecified atom stereocenters. The summed E-state index contributed by atoms with van der Waals surface area (Å²) in [5.74, 6) is 0.772. The Kier molecular flexibility index (Phi) is 4.75. The quantitative estimate of drug-likeness (QED) is 0.764. The van der Waals surface area contributed by atoms with E-state index in [1.54, 1.807) is 29.3 Å². The van der Waals surface area contributed by atoms with Crippen molar-refractivity contribution in [2.24, 2.45) is 0 Å². The summed E-state index contributed by atoms with van der Waals surface area (Å²) in [4.78, 5) is 21.1. The summed E-state index contributed by atoms with van der Waals surface area (Å²) in [7, 11) is 0. The summed E-state index contributed by atoms with van der Waals surface area (Å²) >= 11 is 0. The van der Waals surface area contributed by atoms with E-state index < -0.39 is 0 Å². The third-order valence-electron chi connectivity index (χ3n) is 4.14. The fourth-order valence-corrected chi connectivity index (χ4v) is 3.01. The number of fused-ring (bicyclic) bond motifs is 1. The molecule has 4 heteroatoms. The number of nitrogens with zero attached hydrogens (tertiary/aromatic N) is 3. The van der Waals surface area contributed by atoms with Crippen LogP contribution in [-0.2, 0) is 6.42 Å². The topological polar surface area (TPSA) is 36.4 Å². The number of para-hydroxylation sites is 1. The molecule has 1 aliphatic heterocycles. The van der Waals surface area contributed by atoms with Crippen molar-refractivity contribution in [1.82, 2.24) is 9.88 Å². The lowest BCUT2D eigenvalue weighted by atomic mass is 10.2. The van der Waals surface area contributed by atoms with Crippen LogP contribution < -0.4 is 4.90 Å². The van der Waals surface area contributed by atoms with Crippen molar-refractivity contribution in [3.8, 4) is 0 Å². The molecule has 2 aromatic rings. The maximum atomic E-state index is 12.7. The highest BCUT2D eigenvalue weighted by Crippen LogP contribution is 2.33. The number of amides is 1. The van der Waals surface area contributed by atoms with E-state index in [1.807, 2.05) is 12.1 Å². The Hall–Kier alpha value is -2.88. The average Bonchev–Trinajstić information content (AvgIpc) is 3.05. The highest BCUT2D eigenvalue weighted by molar-refractivity contribution is 5.95. The lowest BCUT2D eigenvalue weighted by Gasteiger charge is -2.21. The standard InChI is InChI=1S/C20H21N3O/c1-3-12-22(13-4-2)20(24)17-9-11-21-19(15-17)23-14-10-16-7-5-6-8-18(16)23/h3-9,11,15H,1-2,10,12-14H2. The minimum atomic E-state index is -0.0362. The van der Waals surface area contributed by atoms with Gasteiger partial charge in [0.1, 0.15) is 5.82 Å². The number of aromatic nitrogens is 1. The predicted octanol–water partition coefficient (Wildman–Crippen LogP) is 3.59. The van der Waals surface area contributed by atoms with Gasteiger partial charge in [0.2, 0.25) is 0 Å². The molecule has 122 valence electrons. The SMILES string of the molecule is C=CCN(CC=C)C(=O)c1ccnc(N2CCc3ccccc32)c1. The van der Waals surface area contributed by atoms with Crippen molar-refractivity contribution in [2.75, 3.05) is 24.5 Å². The van der Waals surface area contributed by atoms with Crippen molar-refractivity contribution < 1.29 is 4.79 Å². The number of hydrogen-bond acceptors (Lipinski definition) is 3. The molecule has 24 heavy (non-hydrogen) atoms. The van der Waals surface area contributed by atoms with Crippen molar-refractivity contribution in [3.05, 3.63) is 79.0 Å². The van der Waals surface area contributed by atoms with Gasteiger partial charge in [0.25, 0.3) is 5.91 Å². The Bertz CT molecular complexity index is 759. The Morgan fingerprint density at radius 3 is 2.71 bits per heavy atom. The van der Waals surface area contributed by atoms with Crippen LogP contribution in [0.3, 0.4) is 0 Å². The number of rotatable bonds is 6. The molecule has 0 N–H and O–H groups in total. The van der Waals surface area contributed by atoms with Crippen LogP contribution in [0.5, 0.6) is 0 Å². The Labute approximate surface area is 142 Å². The number of carbonyl (C=O) groups excluding carboxylic acids is 1. The summed E-state index contributed by atoms with van der Waals surface area (Å²) in [6.07, 6.45) is 6.14. The first-order valence-corrected chi connectivity index (χ1v) is 8.07. The lowest BCUT2D eigenvalue weighted by Crippen LogP contribution is -2.31. The van der Waals surface area contributed by atoms with Crippen molar-refractivity contribution in [1.29, 1.82) is 0 Å². The normalized spacial score (nSPS) is 12.6. The van der Waals surface area contributed by atoms with Gasteiger partial charge in [-0.05, 0) is 30.2 Å². The molecule has 2 heterocycles. The van der Waals surface area contributed by atoms with E-state index in [2.05, 4.69) is 41.2 Å². The molecular formula is C20H21N3O. The van der Waals surface area contributed by atoms with Crippen LogP contribution in [0.1, 0.15) is 15.9 Å². The average molecular weight is 319 g/mol. The van der Waals surface area contributed by atoms with Crippen molar-refractivity contribution >= 4 is 17.4 Å². The van der Waals surface area contributed by atoms with Gasteiger partial charge < -0.3 is 9.80 Å². The summed E-state index contributed by atoms with van der Waals surface area (Å²) in [6, 6.07) is 11.9. The molecule has 0 bridgehead atoms. The monoisotopic (exact) mass is 319 g/mol. The molecule has 0 saturated carbocycles. The predicted molar refractivity (Wildman–Crippen MR) is 97.7 cm³/mol. The van der Waals surface area contributed by atoms with Crippen LogP contribution in [-0.4, -0.2) is 35.4 Å². The van der Waals surface area contributed by atoms with Gasteiger partial charge in [-0.3, -0.25) is 4.79 Å². The molecule has 0 atom stereocenters. The lowest BCUT2D eigenvalue weighted by molar-refractivity contribution is 0.0791. The van der Waals surface area contributed by atoms with Gasteiger partial charge in [0, 0.05) is 37.1 Å². The van der Waals surface area contributed by atoms with Crippen LogP contribution in [0.25, 0.3) is 0 Å². The minimum absolute atomic E-state index is 0.0362. The molecular weight excluding hydrogens is 298 g/mol. The third-order valence-corrected chi connectivity index (χ3v) is 4.14. The van der Waals surface area contributed by atoms with E-state index in [-0.39, 0.29) is 5.91 Å². The van der Waals surface area contributed by atoms with Crippen molar-refractivity contribution in [2.45, 2.75) is 6.42 Å². The number of carbonyl (C=O) groups is 1. The maximum absolute atomic E-state index is 12.7. The molecule has 1 aromatic heterocycles. The number of hydrogen-bond donors (Lipinski definition) is 0. The molecule has 1 aliphatic rings. The first kappa shape index (κ1) is 16.0. The zero-order valence-corrected chi connectivity index (χ0v) is 13.7. The largest absolute Gasteiger partial charge is 0.331 e. The summed E-state index contributed by atoms with van der Waals surface area (Å²) in [6.45, 7) is 9.30. The first-order valence-electron chi connectivity index (χ1n) is 8.07. The number of benzene rings is 1. The van der Waals surface area contributed by atoms with Gasteiger partial charge >= 0.3 is 0 Å². The zero-order chi connectivity index (χ0) is 16.9. The molecule has 1 aromatic carbocycles. The minimum Gasteiger partial charge on any atom is -0.331 e. The summed E-state index contributed by atoms with van der Waals surface area (Å²) < 4.78 is 0. The molecule has 0 fully saturated rings. The molecule has 1 amide bonds. The third kappa shape index (κ3) is 3.08. The Morgan fingerprint density at radius 2 is 1.96 bits per heavy atom. The van der Waals surface area contributed by atoms with E-state index in [0.29, 0.717) is 18.7 Å². The molecule has 0 radical (unpaired) electrons. The van der Waals surface area contributed by atoms with Gasteiger partial charge in [-0.2, -0.15) is 0 Å². The van der Waals surface area contributed by atoms with E-state index in [9.17, 15) is 4.79 Å². The summed E-state index contributed by atoms with van der Waals surface area (Å²) in [5.41, 5.74) is 3.12. The van der Waals surface area contributed by atoms with E-state index >= 15 is 0 Å². The van der Waals surface area contributed by atoms with Crippen LogP contribution in [0.2, 0.25) is 0 Å². The van der Waals surface area contributed by atoms with Gasteiger partial charge in [0.15, 0.2) is 0 Å². The van der Waals surface area contributed by atoms with Crippen LogP contribution in [0.15, 0.2) is 67.9 Å². The van der Waals surface area contributed by atoms with Crippen LogP contribution in [0.4, 0.5) is 11.5 Å². The van der Waals surface area contributed by atoms with Crippen molar-refractivity contribution in [3.63, 3.8) is 0 Å². The highest BCUT2D eigenvalue weighted by Gasteiger charge is 2.22.